The molecule has 2 aliphatic heterocycles. The molecule has 0 unspecified atom stereocenters. The highest BCUT2D eigenvalue weighted by Gasteiger charge is 2.40. The Kier molecular flexibility index (Phi) is 10.2. The highest BCUT2D eigenvalue weighted by Crippen LogP contribution is 2.45. The number of carbonyl (C=O) groups excluding carboxylic acids is 3. The van der Waals surface area contributed by atoms with Crippen molar-refractivity contribution in [2.24, 2.45) is 0 Å². The van der Waals surface area contributed by atoms with Gasteiger partial charge in [-0.25, -0.2) is 4.79 Å². The average molecular weight is 560 g/mol. The monoisotopic (exact) mass is 559 g/mol. The second-order valence-corrected chi connectivity index (χ2v) is 10.9. The Morgan fingerprint density at radius 2 is 1.77 bits per heavy atom. The predicted octanol–water partition coefficient (Wildman–Crippen LogP) is 4.21. The van der Waals surface area contributed by atoms with E-state index in [0.717, 1.165) is 24.0 Å². The number of aliphatic hydroxyl groups is 1. The fraction of sp³-hybridized carbons (Fsp3) is 0.567. The molecule has 0 spiro atoms. The van der Waals surface area contributed by atoms with Gasteiger partial charge in [-0.2, -0.15) is 0 Å². The molecule has 0 saturated heterocycles. The summed E-state index contributed by atoms with van der Waals surface area (Å²) in [5.41, 5.74) is 1.42. The third-order valence-corrected chi connectivity index (χ3v) is 7.39. The van der Waals surface area contributed by atoms with Crippen LogP contribution in [-0.2, 0) is 25.6 Å². The zero-order valence-corrected chi connectivity index (χ0v) is 24.2. The molecule has 2 atom stereocenters. The van der Waals surface area contributed by atoms with E-state index in [1.165, 1.54) is 25.2 Å². The van der Waals surface area contributed by atoms with Gasteiger partial charge in [-0.05, 0) is 71.9 Å². The zero-order chi connectivity index (χ0) is 29.6. The van der Waals surface area contributed by atoms with Crippen LogP contribution in [0.3, 0.4) is 0 Å². The van der Waals surface area contributed by atoms with Crippen molar-refractivity contribution in [2.75, 3.05) is 20.8 Å². The van der Waals surface area contributed by atoms with Gasteiger partial charge in [0.2, 0.25) is 5.75 Å². The molecule has 0 aliphatic carbocycles. The summed E-state index contributed by atoms with van der Waals surface area (Å²) in [5.74, 6) is -1.74. The molecule has 2 heterocycles. The molecule has 10 heteroatoms. The number of methoxy groups -OCH3 is 2. The smallest absolute Gasteiger partial charge is 0.328 e. The number of nitrogens with zero attached hydrogens (tertiary/aromatic N) is 1. The van der Waals surface area contributed by atoms with Crippen molar-refractivity contribution >= 4 is 17.8 Å². The molecule has 220 valence electrons. The largest absolute Gasteiger partial charge is 0.504 e. The van der Waals surface area contributed by atoms with Gasteiger partial charge < -0.3 is 34.1 Å². The van der Waals surface area contributed by atoms with Crippen molar-refractivity contribution in [1.82, 2.24) is 4.90 Å². The number of aromatic hydroxyl groups is 1. The fourth-order valence-corrected chi connectivity index (χ4v) is 4.90. The van der Waals surface area contributed by atoms with Crippen LogP contribution >= 0.6 is 0 Å². The van der Waals surface area contributed by atoms with E-state index in [2.05, 4.69) is 6.08 Å². The number of hydrogen-bond acceptors (Lipinski definition) is 9. The van der Waals surface area contributed by atoms with E-state index < -0.39 is 35.6 Å². The third kappa shape index (κ3) is 7.35. The Labute approximate surface area is 235 Å². The maximum atomic E-state index is 13.4. The Morgan fingerprint density at radius 3 is 2.42 bits per heavy atom. The number of rotatable bonds is 3. The van der Waals surface area contributed by atoms with Gasteiger partial charge in [0.1, 0.15) is 18.8 Å². The van der Waals surface area contributed by atoms with E-state index in [4.69, 9.17) is 18.9 Å². The average Bonchev–Trinajstić information content (AvgIpc) is 3.22. The van der Waals surface area contributed by atoms with Gasteiger partial charge in [0, 0.05) is 12.0 Å². The molecule has 10 nitrogen and oxygen atoms in total. The number of hydrogen-bond donors (Lipinski definition) is 2. The number of carbonyl (C=O) groups is 3. The minimum Gasteiger partial charge on any atom is -0.504 e. The van der Waals surface area contributed by atoms with E-state index in [0.29, 0.717) is 18.4 Å². The lowest BCUT2D eigenvalue weighted by molar-refractivity contribution is -0.163. The van der Waals surface area contributed by atoms with Crippen molar-refractivity contribution in [3.63, 3.8) is 0 Å². The van der Waals surface area contributed by atoms with Gasteiger partial charge in [-0.15, -0.1) is 0 Å². The van der Waals surface area contributed by atoms with Crippen molar-refractivity contribution in [2.45, 2.75) is 90.5 Å². The van der Waals surface area contributed by atoms with Crippen LogP contribution < -0.4 is 9.47 Å². The standard InChI is InChI=1S/C30H41NO9/c1-18-8-7-9-19(2)14-15-39-27-23(37-5)16-20-21(26(27)33)17-31(28(20)34)22(29(35)38-6)11-13-25(32)40-24(12-10-18)30(3,4)36/h8,14,16,22,24,33,36H,7,9-13,15,17H2,1-6H3/t22-,24+/m0/s1. The fourth-order valence-electron chi connectivity index (χ4n) is 4.90. The van der Waals surface area contributed by atoms with Crippen molar-refractivity contribution in [3.8, 4) is 17.2 Å². The normalized spacial score (nSPS) is 21.5. The Hall–Kier alpha value is -3.53. The third-order valence-electron chi connectivity index (χ3n) is 7.39. The number of ether oxygens (including phenoxy) is 4. The molecule has 1 aromatic carbocycles. The number of allylic oxidation sites excluding steroid dienone is 3. The highest BCUT2D eigenvalue weighted by atomic mass is 16.6. The van der Waals surface area contributed by atoms with E-state index in [9.17, 15) is 24.6 Å². The molecule has 0 saturated carbocycles. The molecule has 2 N–H and O–H groups in total. The summed E-state index contributed by atoms with van der Waals surface area (Å²) in [6.45, 7) is 7.28. The molecular formula is C30H41NO9. The maximum Gasteiger partial charge on any atom is 0.328 e. The van der Waals surface area contributed by atoms with Gasteiger partial charge in [-0.3, -0.25) is 9.59 Å². The zero-order valence-electron chi connectivity index (χ0n) is 24.2. The number of amides is 1. The quantitative estimate of drug-likeness (QED) is 0.413. The lowest BCUT2D eigenvalue weighted by Gasteiger charge is -2.30. The van der Waals surface area contributed by atoms with E-state index in [1.807, 2.05) is 19.9 Å². The van der Waals surface area contributed by atoms with E-state index in [1.54, 1.807) is 13.8 Å². The van der Waals surface area contributed by atoms with Crippen molar-refractivity contribution in [3.05, 3.63) is 40.5 Å². The number of benzene rings is 1. The van der Waals surface area contributed by atoms with Gasteiger partial charge in [-0.1, -0.05) is 17.2 Å². The number of phenolic OH excluding ortho intramolecular Hbond substituents is 1. The van der Waals surface area contributed by atoms with Crippen LogP contribution in [0.25, 0.3) is 0 Å². The van der Waals surface area contributed by atoms with Gasteiger partial charge in [0.25, 0.3) is 5.91 Å². The lowest BCUT2D eigenvalue weighted by atomic mass is 9.95. The van der Waals surface area contributed by atoms with Crippen LogP contribution in [0.5, 0.6) is 17.2 Å². The molecule has 40 heavy (non-hydrogen) atoms. The van der Waals surface area contributed by atoms with Crippen LogP contribution in [-0.4, -0.2) is 71.5 Å². The van der Waals surface area contributed by atoms with Crippen molar-refractivity contribution < 1.29 is 43.5 Å². The molecule has 1 amide bonds. The molecule has 0 fully saturated rings. The summed E-state index contributed by atoms with van der Waals surface area (Å²) in [6.07, 6.45) is 5.73. The van der Waals surface area contributed by atoms with Crippen molar-refractivity contribution in [1.29, 1.82) is 0 Å². The van der Waals surface area contributed by atoms with Crippen LogP contribution in [0.1, 0.15) is 82.1 Å². The maximum absolute atomic E-state index is 13.4. The topological polar surface area (TPSA) is 132 Å². The first-order valence-electron chi connectivity index (χ1n) is 13.5. The Morgan fingerprint density at radius 1 is 1.07 bits per heavy atom. The summed E-state index contributed by atoms with van der Waals surface area (Å²) in [7, 11) is 2.62. The molecule has 0 radical (unpaired) electrons. The minimum atomic E-state index is -1.27. The van der Waals surface area contributed by atoms with Gasteiger partial charge >= 0.3 is 11.9 Å². The number of cyclic esters (lactones) is 1. The first kappa shape index (κ1) is 31.0. The molecule has 2 aliphatic rings. The number of fused-ring (bicyclic) bond motifs is 2. The predicted molar refractivity (Wildman–Crippen MR) is 147 cm³/mol. The van der Waals surface area contributed by atoms with Gasteiger partial charge in [0.05, 0.1) is 31.9 Å². The second-order valence-electron chi connectivity index (χ2n) is 10.9. The molecule has 0 aromatic heterocycles. The van der Waals surface area contributed by atoms with Crippen LogP contribution in [0.15, 0.2) is 29.4 Å². The first-order valence-corrected chi connectivity index (χ1v) is 13.5. The highest BCUT2D eigenvalue weighted by molar-refractivity contribution is 6.02. The minimum absolute atomic E-state index is 0.0614. The van der Waals surface area contributed by atoms with E-state index in [-0.39, 0.29) is 48.8 Å². The summed E-state index contributed by atoms with van der Waals surface area (Å²) in [6, 6.07) is 0.386. The SMILES string of the molecule is COC(=O)[C@@H]1CCC(=O)O[C@@H](C(C)(C)O)CCC(C)=CCCC(C)=CCOc2c(OC)cc3c(c2O)CN1C3=O. The van der Waals surface area contributed by atoms with Crippen LogP contribution in [0, 0.1) is 0 Å². The summed E-state index contributed by atoms with van der Waals surface area (Å²) < 4.78 is 21.9. The van der Waals surface area contributed by atoms with Crippen LogP contribution in [0.4, 0.5) is 0 Å². The Balaban J connectivity index is 1.98. The Bertz CT molecular complexity index is 1180. The first-order chi connectivity index (χ1) is 18.9. The molecule has 3 bridgehead atoms. The molecule has 3 rings (SSSR count). The second kappa shape index (κ2) is 13.2. The summed E-state index contributed by atoms with van der Waals surface area (Å²) >= 11 is 0. The van der Waals surface area contributed by atoms with Crippen LogP contribution in [0.2, 0.25) is 0 Å². The number of esters is 2. The molecular weight excluding hydrogens is 518 g/mol. The lowest BCUT2D eigenvalue weighted by Crippen LogP contribution is -2.43. The van der Waals surface area contributed by atoms with E-state index >= 15 is 0 Å². The number of phenols is 1. The molecule has 1 aromatic rings. The summed E-state index contributed by atoms with van der Waals surface area (Å²) in [4.78, 5) is 40.3. The summed E-state index contributed by atoms with van der Waals surface area (Å²) in [5, 5.41) is 21.7. The van der Waals surface area contributed by atoms with Gasteiger partial charge in [0.15, 0.2) is 11.5 Å².